The molecule has 0 amide bonds. The highest BCUT2D eigenvalue weighted by Gasteiger charge is 2.29. The van der Waals surface area contributed by atoms with Crippen LogP contribution in [0.25, 0.3) is 11.1 Å². The summed E-state index contributed by atoms with van der Waals surface area (Å²) in [5.74, 6) is 0.706. The molecule has 0 aromatic heterocycles. The quantitative estimate of drug-likeness (QED) is 0.277. The van der Waals surface area contributed by atoms with Crippen LogP contribution < -0.4 is 10.6 Å². The molecule has 0 bridgehead atoms. The van der Waals surface area contributed by atoms with Crippen LogP contribution in [-0.4, -0.2) is 39.6 Å². The second-order valence-electron chi connectivity index (χ2n) is 12.1. The standard InChI is InChI=1S/C36H41P2/c1-37(2,3)29-17-13-15-27(25-29)31-19-7-9-21-33(31)35-23-11-12-24-36(35)34-22-10-8-20-32(34)28-16-14-18-30(26-28)38(4,5)6/h7-18,20-23,25-26,31,36H,1,19,24H2,2-6H3/q+1. The van der Waals surface area contributed by atoms with Gasteiger partial charge in [0.25, 0.3) is 0 Å². The largest absolute Gasteiger partial charge is 0.0971 e. The zero-order chi connectivity index (χ0) is 26.9. The van der Waals surface area contributed by atoms with Crippen molar-refractivity contribution in [3.63, 3.8) is 0 Å². The SMILES string of the molecule is C=P(C)(C)c1cccc(C2CC=CC=C2C2=CC=CCC2c2ccccc2-c2cccc([P+](C)(C)C)c2)c1. The highest BCUT2D eigenvalue weighted by Crippen LogP contribution is 2.48. The predicted molar refractivity (Wildman–Crippen MR) is 177 cm³/mol. The third kappa shape index (κ3) is 5.69. The van der Waals surface area contributed by atoms with E-state index in [4.69, 9.17) is 0 Å². The molecule has 0 aliphatic heterocycles. The molecule has 5 rings (SSSR count). The van der Waals surface area contributed by atoms with Gasteiger partial charge in [0.1, 0.15) is 0 Å². The van der Waals surface area contributed by atoms with Crippen molar-refractivity contribution in [2.24, 2.45) is 0 Å². The van der Waals surface area contributed by atoms with Gasteiger partial charge >= 0.3 is 0 Å². The summed E-state index contributed by atoms with van der Waals surface area (Å²) in [6, 6.07) is 27.6. The third-order valence-electron chi connectivity index (χ3n) is 7.89. The van der Waals surface area contributed by atoms with Crippen molar-refractivity contribution < 1.29 is 0 Å². The Kier molecular flexibility index (Phi) is 7.69. The lowest BCUT2D eigenvalue weighted by Gasteiger charge is -2.32. The highest BCUT2D eigenvalue weighted by atomic mass is 31.2. The van der Waals surface area contributed by atoms with Gasteiger partial charge in [-0.2, -0.15) is 0 Å². The first-order valence-corrected chi connectivity index (χ1v) is 19.7. The molecule has 2 atom stereocenters. The molecule has 0 nitrogen and oxygen atoms in total. The Bertz CT molecular complexity index is 1500. The lowest BCUT2D eigenvalue weighted by Crippen LogP contribution is -2.16. The smallest absolute Gasteiger partial charge is 0.0936 e. The van der Waals surface area contributed by atoms with Crippen LogP contribution in [0.1, 0.15) is 35.8 Å². The minimum absolute atomic E-state index is 0.338. The Morgan fingerprint density at radius 3 is 2.11 bits per heavy atom. The maximum atomic E-state index is 4.51. The maximum Gasteiger partial charge on any atom is 0.0936 e. The van der Waals surface area contributed by atoms with Gasteiger partial charge in [-0.3, -0.25) is 0 Å². The molecule has 0 radical (unpaired) electrons. The first-order chi connectivity index (χ1) is 18.1. The molecule has 3 aromatic rings. The van der Waals surface area contributed by atoms with Crippen molar-refractivity contribution >= 4 is 31.1 Å². The van der Waals surface area contributed by atoms with Crippen molar-refractivity contribution in [1.29, 1.82) is 0 Å². The first-order valence-electron chi connectivity index (χ1n) is 13.7. The number of benzene rings is 3. The van der Waals surface area contributed by atoms with E-state index in [9.17, 15) is 0 Å². The van der Waals surface area contributed by atoms with E-state index in [0.717, 1.165) is 12.8 Å². The molecule has 38 heavy (non-hydrogen) atoms. The van der Waals surface area contributed by atoms with E-state index in [1.807, 2.05) is 0 Å². The molecule has 0 N–H and O–H groups in total. The molecule has 3 aromatic carbocycles. The first kappa shape index (κ1) is 26.9. The van der Waals surface area contributed by atoms with Crippen LogP contribution in [0.4, 0.5) is 0 Å². The zero-order valence-electron chi connectivity index (χ0n) is 23.6. The number of hydrogen-bond acceptors (Lipinski definition) is 0. The molecule has 2 heteroatoms. The van der Waals surface area contributed by atoms with Gasteiger partial charge in [0.15, 0.2) is 0 Å². The average Bonchev–Trinajstić information content (AvgIpc) is 2.92. The summed E-state index contributed by atoms with van der Waals surface area (Å²) in [6.07, 6.45) is 20.5. The van der Waals surface area contributed by atoms with Gasteiger partial charge in [0.05, 0.1) is 25.3 Å². The molecule has 0 spiro atoms. The molecule has 0 saturated carbocycles. The summed E-state index contributed by atoms with van der Waals surface area (Å²) in [7, 11) is -1.10. The maximum absolute atomic E-state index is 4.51. The average molecular weight is 536 g/mol. The van der Waals surface area contributed by atoms with Crippen molar-refractivity contribution in [3.05, 3.63) is 132 Å². The fourth-order valence-electron chi connectivity index (χ4n) is 5.74. The molecule has 0 saturated heterocycles. The lowest BCUT2D eigenvalue weighted by molar-refractivity contribution is 0.738. The fourth-order valence-corrected chi connectivity index (χ4v) is 7.78. The zero-order valence-corrected chi connectivity index (χ0v) is 25.4. The topological polar surface area (TPSA) is 0 Å². The fraction of sp³-hybridized carbons (Fsp3) is 0.250. The summed E-state index contributed by atoms with van der Waals surface area (Å²) < 4.78 is 0. The Morgan fingerprint density at radius 2 is 1.39 bits per heavy atom. The van der Waals surface area contributed by atoms with Crippen molar-refractivity contribution in [3.8, 4) is 11.1 Å². The summed E-state index contributed by atoms with van der Waals surface area (Å²) in [5, 5.41) is 2.89. The van der Waals surface area contributed by atoms with E-state index >= 15 is 0 Å². The Balaban J connectivity index is 1.57. The minimum atomic E-state index is -1.33. The number of allylic oxidation sites excluding steroid dienone is 8. The molecule has 0 fully saturated rings. The molecule has 2 unspecified atom stereocenters. The molecule has 194 valence electrons. The van der Waals surface area contributed by atoms with Gasteiger partial charge in [0, 0.05) is 19.1 Å². The third-order valence-corrected chi connectivity index (χ3v) is 11.4. The minimum Gasteiger partial charge on any atom is -0.0971 e. The predicted octanol–water partition coefficient (Wildman–Crippen LogP) is 8.86. The molecule has 0 heterocycles. The summed E-state index contributed by atoms with van der Waals surface area (Å²) in [6.45, 7) is 10.5. The Labute approximate surface area is 231 Å². The van der Waals surface area contributed by atoms with Crippen LogP contribution >= 0.6 is 14.1 Å². The van der Waals surface area contributed by atoms with Gasteiger partial charge in [-0.05, 0) is 77.0 Å². The van der Waals surface area contributed by atoms with E-state index in [0.29, 0.717) is 11.8 Å². The number of hydrogen-bond donors (Lipinski definition) is 0. The van der Waals surface area contributed by atoms with Crippen molar-refractivity contribution in [1.82, 2.24) is 0 Å². The van der Waals surface area contributed by atoms with E-state index in [1.165, 1.54) is 44.0 Å². The normalized spacial score (nSPS) is 19.7. The molecule has 2 aliphatic carbocycles. The van der Waals surface area contributed by atoms with E-state index in [2.05, 4.69) is 149 Å². The molecular weight excluding hydrogens is 494 g/mol. The van der Waals surface area contributed by atoms with Gasteiger partial charge < -0.3 is 0 Å². The van der Waals surface area contributed by atoms with E-state index in [1.54, 1.807) is 0 Å². The van der Waals surface area contributed by atoms with Gasteiger partial charge in [-0.15, -0.1) is 0 Å². The monoisotopic (exact) mass is 535 g/mol. The van der Waals surface area contributed by atoms with Crippen LogP contribution in [0.3, 0.4) is 0 Å². The van der Waals surface area contributed by atoms with Crippen LogP contribution in [0.15, 0.2) is 120 Å². The lowest BCUT2D eigenvalue weighted by atomic mass is 9.72. The molecular formula is C36H41P2+. The second-order valence-corrected chi connectivity index (χ2v) is 20.5. The van der Waals surface area contributed by atoms with Crippen LogP contribution in [0.2, 0.25) is 0 Å². The van der Waals surface area contributed by atoms with Crippen LogP contribution in [0.5, 0.6) is 0 Å². The second kappa shape index (κ2) is 10.8. The molecule has 2 aliphatic rings. The van der Waals surface area contributed by atoms with Gasteiger partial charge in [-0.1, -0.05) is 110 Å². The highest BCUT2D eigenvalue weighted by molar-refractivity contribution is 7.81. The summed E-state index contributed by atoms with van der Waals surface area (Å²) >= 11 is 0. The summed E-state index contributed by atoms with van der Waals surface area (Å²) in [4.78, 5) is 0. The number of rotatable bonds is 6. The van der Waals surface area contributed by atoms with Gasteiger partial charge in [0.2, 0.25) is 0 Å². The Hall–Kier alpha value is -2.65. The Morgan fingerprint density at radius 1 is 0.737 bits per heavy atom. The van der Waals surface area contributed by atoms with Crippen molar-refractivity contribution in [2.45, 2.75) is 24.7 Å². The van der Waals surface area contributed by atoms with Gasteiger partial charge in [-0.25, -0.2) is 0 Å². The van der Waals surface area contributed by atoms with Crippen LogP contribution in [-0.2, 0) is 0 Å². The van der Waals surface area contributed by atoms with E-state index < -0.39 is 14.1 Å². The van der Waals surface area contributed by atoms with Crippen molar-refractivity contribution in [2.75, 3.05) is 33.3 Å². The van der Waals surface area contributed by atoms with E-state index in [-0.39, 0.29) is 0 Å². The summed E-state index contributed by atoms with van der Waals surface area (Å²) in [5.41, 5.74) is 8.47. The van der Waals surface area contributed by atoms with Crippen LogP contribution in [0, 0.1) is 0 Å².